The molecule has 1 nitrogen and oxygen atoms in total. The molecule has 84 valence electrons. The Balaban J connectivity index is 2.80. The van der Waals surface area contributed by atoms with Gasteiger partial charge in [-0.2, -0.15) is 0 Å². The van der Waals surface area contributed by atoms with Crippen LogP contribution in [0.2, 0.25) is 5.02 Å². The third kappa shape index (κ3) is 4.13. The summed E-state index contributed by atoms with van der Waals surface area (Å²) in [6.07, 6.45) is 0.986. The average molecular weight is 291 g/mol. The van der Waals surface area contributed by atoms with E-state index in [9.17, 15) is 0 Å². The maximum absolute atomic E-state index is 6.19. The van der Waals surface area contributed by atoms with E-state index in [4.69, 9.17) is 11.6 Å². The molecule has 0 unspecified atom stereocenters. The van der Waals surface area contributed by atoms with Gasteiger partial charge in [0.05, 0.1) is 0 Å². The van der Waals surface area contributed by atoms with E-state index in [0.717, 1.165) is 22.5 Å². The molecule has 0 radical (unpaired) electrons. The topological polar surface area (TPSA) is 12.0 Å². The molecule has 0 aliphatic rings. The van der Waals surface area contributed by atoms with Gasteiger partial charge in [0, 0.05) is 16.0 Å². The van der Waals surface area contributed by atoms with Crippen LogP contribution < -0.4 is 5.32 Å². The van der Waals surface area contributed by atoms with Crippen LogP contribution in [-0.4, -0.2) is 13.6 Å². The highest BCUT2D eigenvalue weighted by atomic mass is 79.9. The first kappa shape index (κ1) is 13.0. The lowest BCUT2D eigenvalue weighted by Crippen LogP contribution is -2.28. The average Bonchev–Trinajstić information content (AvgIpc) is 2.09. The van der Waals surface area contributed by atoms with Crippen molar-refractivity contribution < 1.29 is 0 Å². The van der Waals surface area contributed by atoms with Crippen molar-refractivity contribution >= 4 is 27.5 Å². The molecule has 15 heavy (non-hydrogen) atoms. The van der Waals surface area contributed by atoms with Crippen molar-refractivity contribution in [3.8, 4) is 0 Å². The van der Waals surface area contributed by atoms with Crippen LogP contribution in [0.15, 0.2) is 22.7 Å². The summed E-state index contributed by atoms with van der Waals surface area (Å²) in [5.74, 6) is 0. The first-order chi connectivity index (χ1) is 6.94. The van der Waals surface area contributed by atoms with E-state index in [-0.39, 0.29) is 5.41 Å². The van der Waals surface area contributed by atoms with Crippen molar-refractivity contribution in [1.29, 1.82) is 0 Å². The van der Waals surface area contributed by atoms with Crippen LogP contribution in [0.5, 0.6) is 0 Å². The van der Waals surface area contributed by atoms with Crippen LogP contribution in [0.25, 0.3) is 0 Å². The van der Waals surface area contributed by atoms with E-state index in [1.807, 2.05) is 19.2 Å². The fourth-order valence-corrected chi connectivity index (χ4v) is 2.46. The predicted molar refractivity (Wildman–Crippen MR) is 70.6 cm³/mol. The second-order valence-corrected chi connectivity index (χ2v) is 5.93. The van der Waals surface area contributed by atoms with Crippen LogP contribution in [0.1, 0.15) is 19.4 Å². The molecule has 1 N–H and O–H groups in total. The minimum absolute atomic E-state index is 0.228. The molecule has 0 saturated carbocycles. The van der Waals surface area contributed by atoms with Gasteiger partial charge in [-0.3, -0.25) is 0 Å². The van der Waals surface area contributed by atoms with Crippen molar-refractivity contribution in [2.75, 3.05) is 13.6 Å². The normalized spacial score (nSPS) is 11.8. The van der Waals surface area contributed by atoms with Crippen molar-refractivity contribution in [1.82, 2.24) is 5.32 Å². The lowest BCUT2D eigenvalue weighted by atomic mass is 9.86. The highest BCUT2D eigenvalue weighted by Gasteiger charge is 2.18. The Morgan fingerprint density at radius 2 is 2.07 bits per heavy atom. The maximum Gasteiger partial charge on any atom is 0.0449 e. The fraction of sp³-hybridized carbons (Fsp3) is 0.500. The standard InChI is InChI=1S/C12H17BrClN/c1-12(2,8-15-3)7-9-4-5-10(13)6-11(9)14/h4-6,15H,7-8H2,1-3H3. The number of rotatable bonds is 4. The van der Waals surface area contributed by atoms with E-state index in [1.165, 1.54) is 5.56 Å². The van der Waals surface area contributed by atoms with E-state index < -0.39 is 0 Å². The van der Waals surface area contributed by atoms with Gasteiger partial charge in [-0.25, -0.2) is 0 Å². The minimum Gasteiger partial charge on any atom is -0.319 e. The summed E-state index contributed by atoms with van der Waals surface area (Å²) in [4.78, 5) is 0. The van der Waals surface area contributed by atoms with Crippen molar-refractivity contribution in [3.05, 3.63) is 33.3 Å². The van der Waals surface area contributed by atoms with Crippen molar-refractivity contribution in [2.24, 2.45) is 5.41 Å². The zero-order chi connectivity index (χ0) is 11.5. The van der Waals surface area contributed by atoms with E-state index in [0.29, 0.717) is 0 Å². The van der Waals surface area contributed by atoms with Gasteiger partial charge < -0.3 is 5.32 Å². The lowest BCUT2D eigenvalue weighted by Gasteiger charge is -2.24. The van der Waals surface area contributed by atoms with Gasteiger partial charge in [0.25, 0.3) is 0 Å². The Kier molecular flexibility index (Phi) is 4.63. The highest BCUT2D eigenvalue weighted by Crippen LogP contribution is 2.28. The Labute approximate surface area is 105 Å². The zero-order valence-corrected chi connectivity index (χ0v) is 11.7. The minimum atomic E-state index is 0.228. The van der Waals surface area contributed by atoms with E-state index >= 15 is 0 Å². The molecule has 0 fully saturated rings. The highest BCUT2D eigenvalue weighted by molar-refractivity contribution is 9.10. The monoisotopic (exact) mass is 289 g/mol. The van der Waals surface area contributed by atoms with Crippen LogP contribution in [0.3, 0.4) is 0 Å². The molecule has 3 heteroatoms. The first-order valence-electron chi connectivity index (χ1n) is 5.03. The molecule has 0 aliphatic carbocycles. The van der Waals surface area contributed by atoms with E-state index in [2.05, 4.69) is 41.2 Å². The molecule has 1 aromatic rings. The number of nitrogens with one attached hydrogen (secondary N) is 1. The summed E-state index contributed by atoms with van der Waals surface area (Å²) >= 11 is 9.60. The molecular weight excluding hydrogens is 273 g/mol. The van der Waals surface area contributed by atoms with Crippen LogP contribution in [0.4, 0.5) is 0 Å². The molecule has 0 saturated heterocycles. The smallest absolute Gasteiger partial charge is 0.0449 e. The van der Waals surface area contributed by atoms with Gasteiger partial charge in [0.15, 0.2) is 0 Å². The number of hydrogen-bond acceptors (Lipinski definition) is 1. The van der Waals surface area contributed by atoms with Gasteiger partial charge in [-0.1, -0.05) is 47.4 Å². The second-order valence-electron chi connectivity index (χ2n) is 4.61. The Bertz CT molecular complexity index is 336. The molecule has 0 heterocycles. The summed E-state index contributed by atoms with van der Waals surface area (Å²) in [7, 11) is 1.98. The SMILES string of the molecule is CNCC(C)(C)Cc1ccc(Br)cc1Cl. The van der Waals surface area contributed by atoms with Gasteiger partial charge in [0.2, 0.25) is 0 Å². The summed E-state index contributed by atoms with van der Waals surface area (Å²) in [5.41, 5.74) is 1.44. The maximum atomic E-state index is 6.19. The second kappa shape index (κ2) is 5.33. The Morgan fingerprint density at radius 1 is 1.40 bits per heavy atom. The molecule has 0 amide bonds. The van der Waals surface area contributed by atoms with Gasteiger partial charge in [0.1, 0.15) is 0 Å². The summed E-state index contributed by atoms with van der Waals surface area (Å²) in [6.45, 7) is 5.46. The molecule has 0 spiro atoms. The number of benzene rings is 1. The molecule has 0 aromatic heterocycles. The number of hydrogen-bond donors (Lipinski definition) is 1. The molecule has 0 aliphatic heterocycles. The molecular formula is C12H17BrClN. The lowest BCUT2D eigenvalue weighted by molar-refractivity contribution is 0.350. The largest absolute Gasteiger partial charge is 0.319 e. The van der Waals surface area contributed by atoms with Gasteiger partial charge in [-0.05, 0) is 36.6 Å². The number of halogens is 2. The summed E-state index contributed by atoms with van der Waals surface area (Å²) < 4.78 is 1.03. The third-order valence-corrected chi connectivity index (χ3v) is 3.18. The summed E-state index contributed by atoms with van der Waals surface area (Å²) in [6, 6.07) is 6.08. The summed E-state index contributed by atoms with van der Waals surface area (Å²) in [5, 5.41) is 4.05. The van der Waals surface area contributed by atoms with Crippen molar-refractivity contribution in [2.45, 2.75) is 20.3 Å². The third-order valence-electron chi connectivity index (χ3n) is 2.34. The molecule has 0 bridgehead atoms. The van der Waals surface area contributed by atoms with Crippen LogP contribution in [0, 0.1) is 5.41 Å². The van der Waals surface area contributed by atoms with E-state index in [1.54, 1.807) is 0 Å². The predicted octanol–water partition coefficient (Wildman–Crippen LogP) is 3.89. The molecule has 1 aromatic carbocycles. The molecule has 0 atom stereocenters. The first-order valence-corrected chi connectivity index (χ1v) is 6.20. The molecule has 1 rings (SSSR count). The Hall–Kier alpha value is -0.0500. The van der Waals surface area contributed by atoms with Crippen LogP contribution >= 0.6 is 27.5 Å². The quantitative estimate of drug-likeness (QED) is 0.887. The van der Waals surface area contributed by atoms with Crippen molar-refractivity contribution in [3.63, 3.8) is 0 Å². The Morgan fingerprint density at radius 3 is 2.60 bits per heavy atom. The fourth-order valence-electron chi connectivity index (χ4n) is 1.72. The van der Waals surface area contributed by atoms with Crippen LogP contribution in [-0.2, 0) is 6.42 Å². The van der Waals surface area contributed by atoms with Gasteiger partial charge >= 0.3 is 0 Å². The zero-order valence-electron chi connectivity index (χ0n) is 9.40. The van der Waals surface area contributed by atoms with Gasteiger partial charge in [-0.15, -0.1) is 0 Å².